The van der Waals surface area contributed by atoms with Gasteiger partial charge in [0, 0.05) is 7.05 Å². The third-order valence-electron chi connectivity index (χ3n) is 2.55. The Morgan fingerprint density at radius 3 is 2.50 bits per heavy atom. The lowest BCUT2D eigenvalue weighted by Crippen LogP contribution is -2.50. The molecule has 18 heavy (non-hydrogen) atoms. The summed E-state index contributed by atoms with van der Waals surface area (Å²) in [7, 11) is 1.56. The van der Waals surface area contributed by atoms with Crippen molar-refractivity contribution >= 4 is 11.8 Å². The van der Waals surface area contributed by atoms with Crippen LogP contribution in [0.2, 0.25) is 0 Å². The van der Waals surface area contributed by atoms with Gasteiger partial charge in [0.1, 0.15) is 5.76 Å². The predicted molar refractivity (Wildman–Crippen MR) is 66.7 cm³/mol. The van der Waals surface area contributed by atoms with Crippen molar-refractivity contribution in [1.82, 2.24) is 16.0 Å². The largest absolute Gasteiger partial charge is 0.467 e. The summed E-state index contributed by atoms with van der Waals surface area (Å²) >= 11 is 0. The number of furan rings is 1. The van der Waals surface area contributed by atoms with Crippen LogP contribution in [0.3, 0.4) is 0 Å². The summed E-state index contributed by atoms with van der Waals surface area (Å²) < 4.78 is 5.10. The Bertz CT molecular complexity index is 389. The predicted octanol–water partition coefficient (Wildman–Crippen LogP) is 0.00840. The first-order valence-corrected chi connectivity index (χ1v) is 5.82. The highest BCUT2D eigenvalue weighted by molar-refractivity contribution is 5.84. The second-order valence-corrected chi connectivity index (χ2v) is 4.02. The Morgan fingerprint density at radius 2 is 1.94 bits per heavy atom. The minimum Gasteiger partial charge on any atom is -0.467 e. The molecular formula is C12H19N3O3. The van der Waals surface area contributed by atoms with Crippen molar-refractivity contribution in [3.05, 3.63) is 24.2 Å². The summed E-state index contributed by atoms with van der Waals surface area (Å²) in [6.07, 6.45) is 1.55. The molecule has 1 aromatic heterocycles. The molecule has 0 fully saturated rings. The summed E-state index contributed by atoms with van der Waals surface area (Å²) in [5.41, 5.74) is 0. The molecule has 100 valence electrons. The maximum Gasteiger partial charge on any atom is 0.237 e. The number of carbonyl (C=O) groups excluding carboxylic acids is 2. The fraction of sp³-hybridized carbons (Fsp3) is 0.500. The van der Waals surface area contributed by atoms with E-state index in [9.17, 15) is 9.59 Å². The average Bonchev–Trinajstić information content (AvgIpc) is 2.87. The van der Waals surface area contributed by atoms with Crippen LogP contribution in [0.4, 0.5) is 0 Å². The molecule has 6 heteroatoms. The van der Waals surface area contributed by atoms with E-state index in [4.69, 9.17) is 4.42 Å². The van der Waals surface area contributed by atoms with Crippen molar-refractivity contribution in [2.24, 2.45) is 0 Å². The third-order valence-corrected chi connectivity index (χ3v) is 2.55. The van der Waals surface area contributed by atoms with E-state index >= 15 is 0 Å². The molecule has 0 radical (unpaired) electrons. The molecule has 0 saturated heterocycles. The van der Waals surface area contributed by atoms with E-state index in [0.29, 0.717) is 12.3 Å². The molecule has 1 rings (SSSR count). The Labute approximate surface area is 106 Å². The quantitative estimate of drug-likeness (QED) is 0.667. The fourth-order valence-corrected chi connectivity index (χ4v) is 1.48. The molecule has 3 N–H and O–H groups in total. The van der Waals surface area contributed by atoms with E-state index in [2.05, 4.69) is 16.0 Å². The van der Waals surface area contributed by atoms with E-state index in [1.165, 1.54) is 0 Å². The van der Waals surface area contributed by atoms with Crippen LogP contribution in [0.15, 0.2) is 22.8 Å². The average molecular weight is 253 g/mol. The van der Waals surface area contributed by atoms with Gasteiger partial charge < -0.3 is 15.1 Å². The van der Waals surface area contributed by atoms with Gasteiger partial charge in [-0.2, -0.15) is 0 Å². The van der Waals surface area contributed by atoms with Crippen molar-refractivity contribution in [3.63, 3.8) is 0 Å². The Kier molecular flexibility index (Phi) is 5.38. The first kappa shape index (κ1) is 14.2. The van der Waals surface area contributed by atoms with Gasteiger partial charge >= 0.3 is 0 Å². The number of hydrogen-bond donors (Lipinski definition) is 3. The van der Waals surface area contributed by atoms with Gasteiger partial charge in [-0.1, -0.05) is 0 Å². The summed E-state index contributed by atoms with van der Waals surface area (Å²) in [6.45, 7) is 3.75. The van der Waals surface area contributed by atoms with Gasteiger partial charge in [-0.15, -0.1) is 0 Å². The Balaban J connectivity index is 2.34. The van der Waals surface area contributed by atoms with Crippen molar-refractivity contribution < 1.29 is 14.0 Å². The van der Waals surface area contributed by atoms with Crippen LogP contribution in [0, 0.1) is 0 Å². The molecule has 0 aliphatic carbocycles. The second-order valence-electron chi connectivity index (χ2n) is 4.02. The van der Waals surface area contributed by atoms with E-state index < -0.39 is 12.1 Å². The fourth-order valence-electron chi connectivity index (χ4n) is 1.48. The van der Waals surface area contributed by atoms with E-state index in [-0.39, 0.29) is 11.8 Å². The van der Waals surface area contributed by atoms with E-state index in [1.54, 1.807) is 39.3 Å². The van der Waals surface area contributed by atoms with Crippen LogP contribution < -0.4 is 16.0 Å². The molecule has 2 unspecified atom stereocenters. The second kappa shape index (κ2) is 6.80. The van der Waals surface area contributed by atoms with Crippen molar-refractivity contribution in [2.75, 3.05) is 7.05 Å². The van der Waals surface area contributed by atoms with Crippen LogP contribution in [-0.2, 0) is 16.1 Å². The Hall–Kier alpha value is -1.82. The zero-order valence-corrected chi connectivity index (χ0v) is 10.8. The van der Waals surface area contributed by atoms with Gasteiger partial charge in [0.15, 0.2) is 0 Å². The first-order chi connectivity index (χ1) is 8.54. The van der Waals surface area contributed by atoms with Crippen LogP contribution >= 0.6 is 0 Å². The van der Waals surface area contributed by atoms with Gasteiger partial charge in [-0.25, -0.2) is 0 Å². The topological polar surface area (TPSA) is 83.4 Å². The molecular weight excluding hydrogens is 234 g/mol. The van der Waals surface area contributed by atoms with Crippen molar-refractivity contribution in [3.8, 4) is 0 Å². The summed E-state index contributed by atoms with van der Waals surface area (Å²) in [4.78, 5) is 23.0. The molecule has 6 nitrogen and oxygen atoms in total. The molecule has 0 spiro atoms. The molecule has 1 aromatic rings. The molecule has 0 aromatic carbocycles. The number of hydrogen-bond acceptors (Lipinski definition) is 4. The van der Waals surface area contributed by atoms with E-state index in [1.807, 2.05) is 0 Å². The number of likely N-dealkylation sites (N-methyl/N-ethyl adjacent to an activating group) is 1. The Morgan fingerprint density at radius 1 is 1.28 bits per heavy atom. The smallest absolute Gasteiger partial charge is 0.237 e. The maximum atomic E-state index is 11.7. The van der Waals surface area contributed by atoms with Crippen LogP contribution in [0.25, 0.3) is 0 Å². The van der Waals surface area contributed by atoms with Crippen LogP contribution in [0.5, 0.6) is 0 Å². The SMILES string of the molecule is CNC(=O)C(C)NC(C)C(=O)NCc1ccco1. The van der Waals surface area contributed by atoms with Gasteiger partial charge in [0.25, 0.3) is 0 Å². The van der Waals surface area contributed by atoms with Gasteiger partial charge in [-0.3, -0.25) is 14.9 Å². The molecule has 0 saturated carbocycles. The summed E-state index contributed by atoms with van der Waals surface area (Å²) in [6, 6.07) is 2.68. The van der Waals surface area contributed by atoms with E-state index in [0.717, 1.165) is 0 Å². The third kappa shape index (κ3) is 4.21. The number of amides is 2. The first-order valence-electron chi connectivity index (χ1n) is 5.82. The summed E-state index contributed by atoms with van der Waals surface area (Å²) in [5.74, 6) is 0.359. The monoisotopic (exact) mass is 253 g/mol. The van der Waals surface area contributed by atoms with Crippen LogP contribution in [-0.4, -0.2) is 30.9 Å². The molecule has 2 amide bonds. The van der Waals surface area contributed by atoms with Gasteiger partial charge in [-0.05, 0) is 26.0 Å². The maximum absolute atomic E-state index is 11.7. The highest BCUT2D eigenvalue weighted by Gasteiger charge is 2.18. The highest BCUT2D eigenvalue weighted by atomic mass is 16.3. The summed E-state index contributed by atoms with van der Waals surface area (Å²) in [5, 5.41) is 8.14. The lowest BCUT2D eigenvalue weighted by molar-refractivity contribution is -0.125. The number of rotatable bonds is 6. The molecule has 0 aliphatic rings. The normalized spacial score (nSPS) is 13.7. The zero-order valence-electron chi connectivity index (χ0n) is 10.8. The van der Waals surface area contributed by atoms with Crippen molar-refractivity contribution in [1.29, 1.82) is 0 Å². The molecule has 0 aliphatic heterocycles. The minimum atomic E-state index is -0.452. The standard InChI is InChI=1S/C12H19N3O3/c1-8(11(16)13-3)15-9(2)12(17)14-7-10-5-4-6-18-10/h4-6,8-9,15H,7H2,1-3H3,(H,13,16)(H,14,17). The highest BCUT2D eigenvalue weighted by Crippen LogP contribution is 1.99. The van der Waals surface area contributed by atoms with Gasteiger partial charge in [0.2, 0.25) is 11.8 Å². The van der Waals surface area contributed by atoms with Gasteiger partial charge in [0.05, 0.1) is 24.9 Å². The van der Waals surface area contributed by atoms with Crippen LogP contribution in [0.1, 0.15) is 19.6 Å². The lowest BCUT2D eigenvalue weighted by atomic mass is 10.2. The minimum absolute atomic E-state index is 0.152. The number of carbonyl (C=O) groups is 2. The number of nitrogens with one attached hydrogen (secondary N) is 3. The van der Waals surface area contributed by atoms with Crippen molar-refractivity contribution in [2.45, 2.75) is 32.5 Å². The lowest BCUT2D eigenvalue weighted by Gasteiger charge is -2.18. The molecule has 0 bridgehead atoms. The zero-order chi connectivity index (χ0) is 13.5. The molecule has 1 heterocycles. The molecule has 2 atom stereocenters.